The van der Waals surface area contributed by atoms with Crippen LogP contribution in [0.25, 0.3) is 0 Å². The van der Waals surface area contributed by atoms with E-state index in [-0.39, 0.29) is 6.54 Å². The highest BCUT2D eigenvalue weighted by atomic mass is 35.5. The van der Waals surface area contributed by atoms with Crippen LogP contribution >= 0.6 is 23.2 Å². The highest BCUT2D eigenvalue weighted by Crippen LogP contribution is 2.31. The summed E-state index contributed by atoms with van der Waals surface area (Å²) in [7, 11) is 0. The van der Waals surface area contributed by atoms with E-state index in [9.17, 15) is 5.11 Å². The van der Waals surface area contributed by atoms with Gasteiger partial charge in [0.15, 0.2) is 0 Å². The van der Waals surface area contributed by atoms with Crippen molar-refractivity contribution in [1.82, 2.24) is 20.1 Å². The fraction of sp³-hybridized carbons (Fsp3) is 0.263. The maximum atomic E-state index is 11.3. The minimum absolute atomic E-state index is 0.229. The molecule has 0 amide bonds. The molecule has 0 spiro atoms. The molecular weight excluding hydrogens is 371 g/mol. The van der Waals surface area contributed by atoms with Gasteiger partial charge >= 0.3 is 0 Å². The number of halogens is 2. The van der Waals surface area contributed by atoms with Crippen LogP contribution in [0.1, 0.15) is 11.1 Å². The fourth-order valence-electron chi connectivity index (χ4n) is 2.86. The number of nitrogens with one attached hydrogen (secondary N) is 1. The molecule has 1 heterocycles. The van der Waals surface area contributed by atoms with E-state index in [2.05, 4.69) is 27.5 Å². The standard InChI is InChI=1S/C19H20Cl2N4O/c20-16-6-7-17(18(21)10-16)19(26,12-25-14-23-13-24-25)11-22-9-8-15-4-2-1-3-5-15/h1-7,10,13-14,22,26H,8-9,11-12H2. The largest absolute Gasteiger partial charge is 0.382 e. The van der Waals surface area contributed by atoms with Crippen LogP contribution in [0.4, 0.5) is 0 Å². The van der Waals surface area contributed by atoms with Gasteiger partial charge in [0.25, 0.3) is 0 Å². The number of aliphatic hydroxyl groups is 1. The molecule has 3 aromatic rings. The van der Waals surface area contributed by atoms with Crippen molar-refractivity contribution in [3.8, 4) is 0 Å². The van der Waals surface area contributed by atoms with Crippen molar-refractivity contribution in [1.29, 1.82) is 0 Å². The molecular formula is C19H20Cl2N4O. The minimum Gasteiger partial charge on any atom is -0.382 e. The summed E-state index contributed by atoms with van der Waals surface area (Å²) in [6.45, 7) is 1.28. The van der Waals surface area contributed by atoms with Crippen LogP contribution < -0.4 is 5.32 Å². The summed E-state index contributed by atoms with van der Waals surface area (Å²) in [5.74, 6) is 0. The Hall–Kier alpha value is -1.92. The molecule has 0 saturated heterocycles. The summed E-state index contributed by atoms with van der Waals surface area (Å²) in [6.07, 6.45) is 3.88. The van der Waals surface area contributed by atoms with E-state index < -0.39 is 5.60 Å². The van der Waals surface area contributed by atoms with Crippen molar-refractivity contribution < 1.29 is 5.11 Å². The predicted molar refractivity (Wildman–Crippen MR) is 103 cm³/mol. The smallest absolute Gasteiger partial charge is 0.137 e. The Morgan fingerprint density at radius 3 is 2.62 bits per heavy atom. The van der Waals surface area contributed by atoms with Gasteiger partial charge in [0.2, 0.25) is 0 Å². The second-order valence-corrected chi connectivity index (χ2v) is 7.00. The SMILES string of the molecule is OC(CNCCc1ccccc1)(Cn1cncn1)c1ccc(Cl)cc1Cl. The number of hydrogen-bond acceptors (Lipinski definition) is 4. The quantitative estimate of drug-likeness (QED) is 0.579. The average Bonchev–Trinajstić information content (AvgIpc) is 3.12. The topological polar surface area (TPSA) is 63.0 Å². The van der Waals surface area contributed by atoms with Gasteiger partial charge in [0.05, 0.1) is 6.54 Å². The summed E-state index contributed by atoms with van der Waals surface area (Å²) in [5.41, 5.74) is 0.599. The number of benzene rings is 2. The van der Waals surface area contributed by atoms with Crippen molar-refractivity contribution in [3.63, 3.8) is 0 Å². The molecule has 0 aliphatic rings. The van der Waals surface area contributed by atoms with Crippen LogP contribution in [0.5, 0.6) is 0 Å². The van der Waals surface area contributed by atoms with Gasteiger partial charge in [-0.05, 0) is 30.7 Å². The Labute approximate surface area is 162 Å². The van der Waals surface area contributed by atoms with Crippen molar-refractivity contribution >= 4 is 23.2 Å². The maximum Gasteiger partial charge on any atom is 0.137 e. The molecule has 136 valence electrons. The highest BCUT2D eigenvalue weighted by Gasteiger charge is 2.32. The van der Waals surface area contributed by atoms with E-state index in [1.54, 1.807) is 29.2 Å². The third kappa shape index (κ3) is 4.83. The van der Waals surface area contributed by atoms with E-state index >= 15 is 0 Å². The molecule has 26 heavy (non-hydrogen) atoms. The van der Waals surface area contributed by atoms with Crippen molar-refractivity contribution in [2.75, 3.05) is 13.1 Å². The Morgan fingerprint density at radius 2 is 1.92 bits per heavy atom. The van der Waals surface area contributed by atoms with E-state index in [1.807, 2.05) is 18.2 Å². The van der Waals surface area contributed by atoms with Gasteiger partial charge in [0.1, 0.15) is 18.3 Å². The Bertz CT molecular complexity index is 827. The summed E-state index contributed by atoms with van der Waals surface area (Å²) >= 11 is 12.3. The second kappa shape index (κ2) is 8.64. The summed E-state index contributed by atoms with van der Waals surface area (Å²) < 4.78 is 1.59. The van der Waals surface area contributed by atoms with Crippen LogP contribution in [-0.2, 0) is 18.6 Å². The number of aromatic nitrogens is 3. The lowest BCUT2D eigenvalue weighted by molar-refractivity contribution is 0.0157. The van der Waals surface area contributed by atoms with Crippen LogP contribution in [0.15, 0.2) is 61.2 Å². The molecule has 1 atom stereocenters. The predicted octanol–water partition coefficient (Wildman–Crippen LogP) is 3.31. The summed E-state index contributed by atoms with van der Waals surface area (Å²) in [4.78, 5) is 3.94. The Kier molecular flexibility index (Phi) is 6.27. The van der Waals surface area contributed by atoms with E-state index in [4.69, 9.17) is 23.2 Å². The first kappa shape index (κ1) is 18.9. The monoisotopic (exact) mass is 390 g/mol. The van der Waals surface area contributed by atoms with Gasteiger partial charge in [-0.2, -0.15) is 5.10 Å². The summed E-state index contributed by atoms with van der Waals surface area (Å²) in [5, 5.41) is 19.7. The molecule has 1 unspecified atom stereocenters. The van der Waals surface area contributed by atoms with Crippen molar-refractivity contribution in [3.05, 3.63) is 82.4 Å². The second-order valence-electron chi connectivity index (χ2n) is 6.16. The molecule has 2 N–H and O–H groups in total. The van der Waals surface area contributed by atoms with Crippen molar-refractivity contribution in [2.24, 2.45) is 0 Å². The Balaban J connectivity index is 1.72. The maximum absolute atomic E-state index is 11.3. The molecule has 7 heteroatoms. The van der Waals surface area contributed by atoms with Gasteiger partial charge in [-0.25, -0.2) is 9.67 Å². The molecule has 0 radical (unpaired) electrons. The zero-order valence-corrected chi connectivity index (χ0v) is 15.7. The third-order valence-corrected chi connectivity index (χ3v) is 4.72. The van der Waals surface area contributed by atoms with Gasteiger partial charge in [0, 0.05) is 22.2 Å². The molecule has 5 nitrogen and oxygen atoms in total. The van der Waals surface area contributed by atoms with Crippen molar-refractivity contribution in [2.45, 2.75) is 18.6 Å². The molecule has 3 rings (SSSR count). The molecule has 0 aliphatic carbocycles. The van der Waals surface area contributed by atoms with E-state index in [0.717, 1.165) is 13.0 Å². The van der Waals surface area contributed by atoms with E-state index in [0.29, 0.717) is 22.2 Å². The molecule has 2 aromatic carbocycles. The molecule has 1 aromatic heterocycles. The zero-order valence-electron chi connectivity index (χ0n) is 14.1. The van der Waals surface area contributed by atoms with Crippen LogP contribution in [0.3, 0.4) is 0 Å². The van der Waals surface area contributed by atoms with Gasteiger partial charge in [-0.1, -0.05) is 59.6 Å². The Morgan fingerprint density at radius 1 is 1.12 bits per heavy atom. The first-order valence-electron chi connectivity index (χ1n) is 8.32. The molecule has 0 bridgehead atoms. The van der Waals surface area contributed by atoms with Gasteiger partial charge < -0.3 is 10.4 Å². The van der Waals surface area contributed by atoms with Crippen LogP contribution in [0.2, 0.25) is 10.0 Å². The first-order valence-corrected chi connectivity index (χ1v) is 9.07. The number of hydrogen-bond donors (Lipinski definition) is 2. The number of nitrogens with zero attached hydrogens (tertiary/aromatic N) is 3. The lowest BCUT2D eigenvalue weighted by atomic mass is 9.93. The zero-order chi connectivity index (χ0) is 18.4. The lowest BCUT2D eigenvalue weighted by Crippen LogP contribution is -2.42. The molecule has 0 aliphatic heterocycles. The highest BCUT2D eigenvalue weighted by molar-refractivity contribution is 6.35. The van der Waals surface area contributed by atoms with Gasteiger partial charge in [-0.3, -0.25) is 0 Å². The van der Waals surface area contributed by atoms with Gasteiger partial charge in [-0.15, -0.1) is 0 Å². The molecule has 0 saturated carbocycles. The normalized spacial score (nSPS) is 13.5. The number of rotatable bonds is 8. The summed E-state index contributed by atoms with van der Waals surface area (Å²) in [6, 6.07) is 15.3. The first-order chi connectivity index (χ1) is 12.6. The molecule has 0 fully saturated rings. The fourth-order valence-corrected chi connectivity index (χ4v) is 3.44. The average molecular weight is 391 g/mol. The van der Waals surface area contributed by atoms with Crippen LogP contribution in [-0.4, -0.2) is 33.0 Å². The minimum atomic E-state index is -1.24. The lowest BCUT2D eigenvalue weighted by Gasteiger charge is -2.30. The van der Waals surface area contributed by atoms with Crippen LogP contribution in [0, 0.1) is 0 Å². The van der Waals surface area contributed by atoms with E-state index in [1.165, 1.54) is 11.9 Å². The third-order valence-electron chi connectivity index (χ3n) is 4.17.